The quantitative estimate of drug-likeness (QED) is 0.874. The maximum absolute atomic E-state index is 12.4. The summed E-state index contributed by atoms with van der Waals surface area (Å²) in [6, 6.07) is 8.97. The highest BCUT2D eigenvalue weighted by molar-refractivity contribution is 5.94. The van der Waals surface area contributed by atoms with Crippen molar-refractivity contribution >= 4 is 5.91 Å². The molecule has 1 aromatic carbocycles. The van der Waals surface area contributed by atoms with Gasteiger partial charge in [0.1, 0.15) is 0 Å². The highest BCUT2D eigenvalue weighted by Crippen LogP contribution is 2.38. The number of aromatic nitrogens is 2. The monoisotopic (exact) mass is 341 g/mol. The molecule has 2 heterocycles. The Balaban J connectivity index is 1.44. The molecule has 6 nitrogen and oxygen atoms in total. The third-order valence-electron chi connectivity index (χ3n) is 5.26. The summed E-state index contributed by atoms with van der Waals surface area (Å²) in [4.78, 5) is 24.5. The number of aryl methyl sites for hydroxylation is 1. The summed E-state index contributed by atoms with van der Waals surface area (Å²) in [5, 5.41) is 6.21. The Morgan fingerprint density at radius 2 is 2.16 bits per heavy atom. The van der Waals surface area contributed by atoms with Crippen LogP contribution in [0, 0.1) is 5.92 Å². The second kappa shape index (κ2) is 6.52. The second-order valence-electron chi connectivity index (χ2n) is 6.93. The molecule has 2 N–H and O–H groups in total. The fourth-order valence-electron chi connectivity index (χ4n) is 3.81. The molecule has 2 aromatic rings. The normalized spacial score (nSPS) is 24.6. The van der Waals surface area contributed by atoms with Gasteiger partial charge in [-0.15, -0.1) is 0 Å². The van der Waals surface area contributed by atoms with Crippen molar-refractivity contribution < 1.29 is 9.53 Å². The zero-order chi connectivity index (χ0) is 17.4. The van der Waals surface area contributed by atoms with E-state index in [1.165, 1.54) is 4.68 Å². The number of hydrogen-bond donors (Lipinski definition) is 2. The first-order valence-electron chi connectivity index (χ1n) is 8.99. The van der Waals surface area contributed by atoms with Crippen molar-refractivity contribution in [3.63, 3.8) is 0 Å². The molecule has 0 unspecified atom stereocenters. The highest BCUT2D eigenvalue weighted by Gasteiger charge is 2.45. The SMILES string of the molecule is CCCc1cc(=O)n(-c2ccc(C(=O)N[C@@H]3C[C@H]4OCC[C@@H]34)cc2)[nH]1. The van der Waals surface area contributed by atoms with Crippen molar-refractivity contribution in [3.05, 3.63) is 51.9 Å². The molecule has 1 aromatic heterocycles. The Hall–Kier alpha value is -2.34. The number of benzene rings is 1. The van der Waals surface area contributed by atoms with Gasteiger partial charge in [-0.2, -0.15) is 0 Å². The number of aromatic amines is 1. The summed E-state index contributed by atoms with van der Waals surface area (Å²) in [5.41, 5.74) is 2.19. The van der Waals surface area contributed by atoms with Gasteiger partial charge in [0.2, 0.25) is 0 Å². The zero-order valence-corrected chi connectivity index (χ0v) is 14.3. The Labute approximate surface area is 146 Å². The van der Waals surface area contributed by atoms with Gasteiger partial charge in [-0.05, 0) is 43.5 Å². The number of rotatable bonds is 5. The van der Waals surface area contributed by atoms with Gasteiger partial charge in [-0.25, -0.2) is 4.68 Å². The van der Waals surface area contributed by atoms with Crippen molar-refractivity contribution in [3.8, 4) is 5.69 Å². The third kappa shape index (κ3) is 3.02. The van der Waals surface area contributed by atoms with Crippen molar-refractivity contribution in [2.75, 3.05) is 6.61 Å². The summed E-state index contributed by atoms with van der Waals surface area (Å²) in [6.45, 7) is 2.88. The van der Waals surface area contributed by atoms with Crippen LogP contribution in [0.15, 0.2) is 35.1 Å². The molecule has 1 aliphatic heterocycles. The smallest absolute Gasteiger partial charge is 0.271 e. The van der Waals surface area contributed by atoms with Gasteiger partial charge in [0, 0.05) is 35.9 Å². The standard InChI is InChI=1S/C19H23N3O3/c1-2-3-13-10-18(23)22(21-13)14-6-4-12(5-7-14)19(24)20-16-11-17-15(16)8-9-25-17/h4-7,10,15-17,21H,2-3,8-9,11H2,1H3,(H,20,24)/t15-,16+,17+/m0/s1. The molecule has 132 valence electrons. The van der Waals surface area contributed by atoms with Gasteiger partial charge in [0.15, 0.2) is 0 Å². The molecule has 0 bridgehead atoms. The van der Waals surface area contributed by atoms with Crippen LogP contribution >= 0.6 is 0 Å². The lowest BCUT2D eigenvalue weighted by atomic mass is 9.76. The third-order valence-corrected chi connectivity index (χ3v) is 5.26. The number of amides is 1. The maximum atomic E-state index is 12.4. The molecule has 0 spiro atoms. The number of carbonyl (C=O) groups is 1. The van der Waals surface area contributed by atoms with E-state index in [1.807, 2.05) is 0 Å². The van der Waals surface area contributed by atoms with Gasteiger partial charge in [0.05, 0.1) is 11.8 Å². The largest absolute Gasteiger partial charge is 0.378 e. The topological polar surface area (TPSA) is 76.1 Å². The van der Waals surface area contributed by atoms with Gasteiger partial charge < -0.3 is 10.1 Å². The van der Waals surface area contributed by atoms with E-state index in [1.54, 1.807) is 30.3 Å². The molecule has 6 heteroatoms. The van der Waals surface area contributed by atoms with E-state index in [0.29, 0.717) is 17.6 Å². The Morgan fingerprint density at radius 3 is 2.88 bits per heavy atom. The first-order valence-corrected chi connectivity index (χ1v) is 8.99. The molecule has 1 amide bonds. The molecule has 2 aliphatic rings. The van der Waals surface area contributed by atoms with Crippen molar-refractivity contribution in [1.82, 2.24) is 15.1 Å². The van der Waals surface area contributed by atoms with Gasteiger partial charge in [-0.3, -0.25) is 14.7 Å². The first kappa shape index (κ1) is 16.1. The minimum atomic E-state index is -0.0811. The van der Waals surface area contributed by atoms with Crippen LogP contribution in [-0.4, -0.2) is 34.4 Å². The lowest BCUT2D eigenvalue weighted by molar-refractivity contribution is 0.00810. The van der Waals surface area contributed by atoms with Crippen LogP contribution in [-0.2, 0) is 11.2 Å². The minimum absolute atomic E-state index is 0.0626. The van der Waals surface area contributed by atoms with E-state index in [9.17, 15) is 9.59 Å². The zero-order valence-electron chi connectivity index (χ0n) is 14.3. The number of fused-ring (bicyclic) bond motifs is 1. The first-order chi connectivity index (χ1) is 12.2. The van der Waals surface area contributed by atoms with Crippen LogP contribution in [0.1, 0.15) is 42.2 Å². The highest BCUT2D eigenvalue weighted by atomic mass is 16.5. The summed E-state index contributed by atoms with van der Waals surface area (Å²) >= 11 is 0. The van der Waals surface area contributed by atoms with E-state index in [2.05, 4.69) is 17.3 Å². The Bertz CT molecular complexity index is 821. The Morgan fingerprint density at radius 1 is 1.36 bits per heavy atom. The van der Waals surface area contributed by atoms with Gasteiger partial charge in [-0.1, -0.05) is 13.3 Å². The molecular weight excluding hydrogens is 318 g/mol. The van der Waals surface area contributed by atoms with Crippen LogP contribution in [0.3, 0.4) is 0 Å². The number of ether oxygens (including phenoxy) is 1. The summed E-state index contributed by atoms with van der Waals surface area (Å²) in [7, 11) is 0. The predicted molar refractivity (Wildman–Crippen MR) is 94.1 cm³/mol. The molecule has 2 fully saturated rings. The average Bonchev–Trinajstić information content (AvgIpc) is 3.15. The van der Waals surface area contributed by atoms with Crippen molar-refractivity contribution in [2.45, 2.75) is 44.8 Å². The van der Waals surface area contributed by atoms with E-state index in [-0.39, 0.29) is 17.5 Å². The Kier molecular flexibility index (Phi) is 4.21. The number of H-pyrrole nitrogens is 1. The fourth-order valence-corrected chi connectivity index (χ4v) is 3.81. The molecule has 4 rings (SSSR count). The maximum Gasteiger partial charge on any atom is 0.271 e. The van der Waals surface area contributed by atoms with E-state index < -0.39 is 0 Å². The fraction of sp³-hybridized carbons (Fsp3) is 0.474. The molecule has 1 saturated carbocycles. The van der Waals surface area contributed by atoms with Crippen LogP contribution in [0.5, 0.6) is 0 Å². The van der Waals surface area contributed by atoms with Gasteiger partial charge in [0.25, 0.3) is 11.5 Å². The van der Waals surface area contributed by atoms with E-state index >= 15 is 0 Å². The molecule has 3 atom stereocenters. The predicted octanol–water partition coefficient (Wildman–Crippen LogP) is 2.03. The summed E-state index contributed by atoms with van der Waals surface area (Å²) in [6.07, 6.45) is 4.10. The van der Waals surface area contributed by atoms with Crippen LogP contribution in [0.25, 0.3) is 5.69 Å². The number of nitrogens with zero attached hydrogens (tertiary/aromatic N) is 1. The van der Waals surface area contributed by atoms with Crippen molar-refractivity contribution in [2.24, 2.45) is 5.92 Å². The summed E-state index contributed by atoms with van der Waals surface area (Å²) < 4.78 is 7.09. The van der Waals surface area contributed by atoms with Crippen LogP contribution in [0.2, 0.25) is 0 Å². The molecular formula is C19H23N3O3. The molecule has 0 radical (unpaired) electrons. The second-order valence-corrected chi connectivity index (χ2v) is 6.93. The number of hydrogen-bond acceptors (Lipinski definition) is 3. The van der Waals surface area contributed by atoms with Crippen molar-refractivity contribution in [1.29, 1.82) is 0 Å². The number of carbonyl (C=O) groups excluding carboxylic acids is 1. The van der Waals surface area contributed by atoms with E-state index in [4.69, 9.17) is 4.74 Å². The van der Waals surface area contributed by atoms with Crippen LogP contribution in [0.4, 0.5) is 0 Å². The van der Waals surface area contributed by atoms with Crippen LogP contribution < -0.4 is 10.9 Å². The average molecular weight is 341 g/mol. The lowest BCUT2D eigenvalue weighted by Crippen LogP contribution is -2.53. The number of nitrogens with one attached hydrogen (secondary N) is 2. The molecule has 25 heavy (non-hydrogen) atoms. The molecule has 1 saturated heterocycles. The van der Waals surface area contributed by atoms with Gasteiger partial charge >= 0.3 is 0 Å². The summed E-state index contributed by atoms with van der Waals surface area (Å²) in [5.74, 6) is 0.408. The lowest BCUT2D eigenvalue weighted by Gasteiger charge is -2.39. The molecule has 1 aliphatic carbocycles. The van der Waals surface area contributed by atoms with E-state index in [0.717, 1.165) is 43.7 Å². The minimum Gasteiger partial charge on any atom is -0.378 e.